The van der Waals surface area contributed by atoms with Gasteiger partial charge in [-0.3, -0.25) is 4.79 Å². The van der Waals surface area contributed by atoms with E-state index in [2.05, 4.69) is 0 Å². The lowest BCUT2D eigenvalue weighted by Crippen LogP contribution is -2.66. The van der Waals surface area contributed by atoms with Gasteiger partial charge in [0.25, 0.3) is 5.91 Å². The predicted molar refractivity (Wildman–Crippen MR) is 68.0 cm³/mol. The molecule has 1 saturated heterocycles. The van der Waals surface area contributed by atoms with Crippen molar-refractivity contribution in [2.45, 2.75) is 17.4 Å². The quantitative estimate of drug-likeness (QED) is 0.834. The van der Waals surface area contributed by atoms with Crippen LogP contribution in [0.4, 0.5) is 0 Å². The molecule has 0 atom stereocenters. The Morgan fingerprint density at radius 3 is 2.50 bits per heavy atom. The number of carbonyl (C=O) groups is 1. The first-order chi connectivity index (χ1) is 8.19. The third kappa shape index (κ3) is 2.54. The molecule has 5 nitrogen and oxygen atoms in total. The molecule has 2 rings (SSSR count). The first-order valence-electron chi connectivity index (χ1n) is 5.57. The number of sulfone groups is 1. The molecule has 1 aliphatic heterocycles. The molecule has 0 spiro atoms. The van der Waals surface area contributed by atoms with Crippen LogP contribution in [-0.2, 0) is 9.84 Å². The van der Waals surface area contributed by atoms with Gasteiger partial charge < -0.3 is 10.6 Å². The van der Waals surface area contributed by atoms with Crippen molar-refractivity contribution in [3.8, 4) is 0 Å². The van der Waals surface area contributed by atoms with E-state index in [-0.39, 0.29) is 16.3 Å². The minimum atomic E-state index is -3.29. The van der Waals surface area contributed by atoms with Crippen molar-refractivity contribution >= 4 is 15.7 Å². The van der Waals surface area contributed by atoms with E-state index in [1.165, 1.54) is 12.1 Å². The van der Waals surface area contributed by atoms with E-state index in [0.717, 1.165) is 6.26 Å². The van der Waals surface area contributed by atoms with Gasteiger partial charge in [0.2, 0.25) is 0 Å². The van der Waals surface area contributed by atoms with Crippen LogP contribution in [0, 0.1) is 0 Å². The van der Waals surface area contributed by atoms with Crippen molar-refractivity contribution in [3.63, 3.8) is 0 Å². The Bertz CT molecular complexity index is 585. The molecule has 1 aromatic rings. The average molecular weight is 268 g/mol. The number of hydrogen-bond acceptors (Lipinski definition) is 4. The standard InChI is InChI=1S/C12H16N2O3S/c1-12(13)7-14(8-12)11(15)9-4-3-5-10(6-9)18(2,16)17/h3-6H,7-8,13H2,1-2H3. The minimum Gasteiger partial charge on any atom is -0.335 e. The van der Waals surface area contributed by atoms with E-state index in [1.807, 2.05) is 6.92 Å². The molecular formula is C12H16N2O3S. The Kier molecular flexibility index (Phi) is 2.95. The zero-order valence-corrected chi connectivity index (χ0v) is 11.2. The van der Waals surface area contributed by atoms with Gasteiger partial charge in [0, 0.05) is 30.4 Å². The Balaban J connectivity index is 2.22. The van der Waals surface area contributed by atoms with Crippen molar-refractivity contribution in [2.75, 3.05) is 19.3 Å². The number of benzene rings is 1. The Hall–Kier alpha value is -1.40. The summed E-state index contributed by atoms with van der Waals surface area (Å²) in [4.78, 5) is 13.8. The van der Waals surface area contributed by atoms with Gasteiger partial charge in [-0.05, 0) is 25.1 Å². The lowest BCUT2D eigenvalue weighted by atomic mass is 9.93. The molecular weight excluding hydrogens is 252 g/mol. The van der Waals surface area contributed by atoms with E-state index in [0.29, 0.717) is 18.7 Å². The number of likely N-dealkylation sites (tertiary alicyclic amines) is 1. The summed E-state index contributed by atoms with van der Waals surface area (Å²) in [7, 11) is -3.29. The third-order valence-electron chi connectivity index (χ3n) is 2.90. The highest BCUT2D eigenvalue weighted by atomic mass is 32.2. The first-order valence-corrected chi connectivity index (χ1v) is 7.46. The van der Waals surface area contributed by atoms with Gasteiger partial charge in [-0.15, -0.1) is 0 Å². The van der Waals surface area contributed by atoms with Crippen LogP contribution in [0.5, 0.6) is 0 Å². The molecule has 0 aliphatic carbocycles. The molecule has 0 aromatic heterocycles. The Morgan fingerprint density at radius 2 is 2.00 bits per heavy atom. The number of hydrogen-bond donors (Lipinski definition) is 1. The first kappa shape index (κ1) is 13.0. The van der Waals surface area contributed by atoms with Crippen LogP contribution in [0.3, 0.4) is 0 Å². The van der Waals surface area contributed by atoms with Crippen molar-refractivity contribution in [1.29, 1.82) is 0 Å². The van der Waals surface area contributed by atoms with Crippen LogP contribution in [0.15, 0.2) is 29.2 Å². The highest BCUT2D eigenvalue weighted by molar-refractivity contribution is 7.90. The lowest BCUT2D eigenvalue weighted by molar-refractivity contribution is 0.0453. The molecule has 1 fully saturated rings. The Labute approximate surface area is 107 Å². The number of amides is 1. The topological polar surface area (TPSA) is 80.5 Å². The smallest absolute Gasteiger partial charge is 0.254 e. The summed E-state index contributed by atoms with van der Waals surface area (Å²) in [5.74, 6) is -0.177. The zero-order valence-electron chi connectivity index (χ0n) is 10.4. The summed E-state index contributed by atoms with van der Waals surface area (Å²) in [6, 6.07) is 6.08. The summed E-state index contributed by atoms with van der Waals surface area (Å²) in [5, 5.41) is 0. The number of nitrogens with two attached hydrogens (primary N) is 1. The molecule has 98 valence electrons. The highest BCUT2D eigenvalue weighted by Gasteiger charge is 2.38. The van der Waals surface area contributed by atoms with Crippen LogP contribution < -0.4 is 5.73 Å². The maximum atomic E-state index is 12.1. The summed E-state index contributed by atoms with van der Waals surface area (Å²) >= 11 is 0. The van der Waals surface area contributed by atoms with E-state index in [9.17, 15) is 13.2 Å². The molecule has 18 heavy (non-hydrogen) atoms. The van der Waals surface area contributed by atoms with Gasteiger partial charge in [-0.1, -0.05) is 6.07 Å². The van der Waals surface area contributed by atoms with Gasteiger partial charge in [0.1, 0.15) is 0 Å². The maximum Gasteiger partial charge on any atom is 0.254 e. The molecule has 1 aromatic carbocycles. The molecule has 0 bridgehead atoms. The van der Waals surface area contributed by atoms with Gasteiger partial charge in [0.15, 0.2) is 9.84 Å². The van der Waals surface area contributed by atoms with Gasteiger partial charge in [-0.2, -0.15) is 0 Å². The van der Waals surface area contributed by atoms with Crippen molar-refractivity contribution in [2.24, 2.45) is 5.73 Å². The summed E-state index contributed by atoms with van der Waals surface area (Å²) in [5.41, 5.74) is 5.89. The van der Waals surface area contributed by atoms with E-state index >= 15 is 0 Å². The fourth-order valence-electron chi connectivity index (χ4n) is 2.01. The SMILES string of the molecule is CC1(N)CN(C(=O)c2cccc(S(C)(=O)=O)c2)C1. The van der Waals surface area contributed by atoms with Gasteiger partial charge >= 0.3 is 0 Å². The van der Waals surface area contributed by atoms with Crippen molar-refractivity contribution in [1.82, 2.24) is 4.90 Å². The molecule has 0 saturated carbocycles. The zero-order chi connectivity index (χ0) is 13.6. The predicted octanol–water partition coefficient (Wildman–Crippen LogP) is 0.263. The van der Waals surface area contributed by atoms with Crippen LogP contribution in [0.1, 0.15) is 17.3 Å². The molecule has 1 aliphatic rings. The highest BCUT2D eigenvalue weighted by Crippen LogP contribution is 2.21. The van der Waals surface area contributed by atoms with Crippen molar-refractivity contribution in [3.05, 3.63) is 29.8 Å². The number of rotatable bonds is 2. The average Bonchev–Trinajstić information content (AvgIpc) is 2.24. The third-order valence-corrected chi connectivity index (χ3v) is 4.01. The maximum absolute atomic E-state index is 12.1. The second-order valence-electron chi connectivity index (χ2n) is 5.12. The van der Waals surface area contributed by atoms with E-state index in [1.54, 1.807) is 17.0 Å². The normalized spacial score (nSPS) is 18.3. The lowest BCUT2D eigenvalue weighted by Gasteiger charge is -2.45. The van der Waals surface area contributed by atoms with Gasteiger partial charge in [0.05, 0.1) is 4.90 Å². The molecule has 1 amide bonds. The fourth-order valence-corrected chi connectivity index (χ4v) is 2.68. The molecule has 1 heterocycles. The van der Waals surface area contributed by atoms with Crippen LogP contribution >= 0.6 is 0 Å². The second-order valence-corrected chi connectivity index (χ2v) is 7.13. The van der Waals surface area contributed by atoms with Crippen LogP contribution in [0.2, 0.25) is 0 Å². The fraction of sp³-hybridized carbons (Fsp3) is 0.417. The molecule has 6 heteroatoms. The second kappa shape index (κ2) is 4.07. The molecule has 0 unspecified atom stereocenters. The van der Waals surface area contributed by atoms with E-state index in [4.69, 9.17) is 5.73 Å². The van der Waals surface area contributed by atoms with Crippen LogP contribution in [0.25, 0.3) is 0 Å². The van der Waals surface area contributed by atoms with E-state index < -0.39 is 9.84 Å². The minimum absolute atomic E-state index is 0.157. The largest absolute Gasteiger partial charge is 0.335 e. The number of carbonyl (C=O) groups excluding carboxylic acids is 1. The van der Waals surface area contributed by atoms with Crippen LogP contribution in [-0.4, -0.2) is 44.1 Å². The Morgan fingerprint density at radius 1 is 1.39 bits per heavy atom. The summed E-state index contributed by atoms with van der Waals surface area (Å²) in [6.45, 7) is 2.87. The molecule has 2 N–H and O–H groups in total. The molecule has 0 radical (unpaired) electrons. The van der Waals surface area contributed by atoms with Gasteiger partial charge in [-0.25, -0.2) is 8.42 Å². The number of nitrogens with zero attached hydrogens (tertiary/aromatic N) is 1. The summed E-state index contributed by atoms with van der Waals surface area (Å²) in [6.07, 6.45) is 1.12. The monoisotopic (exact) mass is 268 g/mol. The van der Waals surface area contributed by atoms with Crippen molar-refractivity contribution < 1.29 is 13.2 Å². The summed E-state index contributed by atoms with van der Waals surface area (Å²) < 4.78 is 22.8.